The van der Waals surface area contributed by atoms with Crippen molar-refractivity contribution >= 4 is 38.9 Å². The zero-order valence-corrected chi connectivity index (χ0v) is 39.2. The average Bonchev–Trinajstić information content (AvgIpc) is 3.80. The van der Waals surface area contributed by atoms with Gasteiger partial charge in [-0.05, 0) is 142 Å². The lowest BCUT2D eigenvalue weighted by molar-refractivity contribution is 0.483. The van der Waals surface area contributed by atoms with Gasteiger partial charge >= 0.3 is 0 Å². The Morgan fingerprint density at radius 1 is 0.538 bits per heavy atom. The molecular formula is C60H58N4O. The van der Waals surface area contributed by atoms with Crippen molar-refractivity contribution < 1.29 is 4.74 Å². The Balaban J connectivity index is 1.04. The van der Waals surface area contributed by atoms with Gasteiger partial charge in [0.2, 0.25) is 0 Å². The normalized spacial score (nSPS) is 12.9. The van der Waals surface area contributed by atoms with Crippen LogP contribution in [0.4, 0.5) is 17.1 Å². The van der Waals surface area contributed by atoms with Gasteiger partial charge in [-0.25, -0.2) is 4.98 Å². The Hall–Kier alpha value is -7.11. The molecule has 324 valence electrons. The molecule has 10 rings (SSSR count). The van der Waals surface area contributed by atoms with Crippen LogP contribution in [0.25, 0.3) is 49.9 Å². The molecule has 0 fully saturated rings. The maximum absolute atomic E-state index is 6.86. The Morgan fingerprint density at radius 3 is 2.05 bits per heavy atom. The van der Waals surface area contributed by atoms with E-state index in [9.17, 15) is 0 Å². The Labute approximate surface area is 384 Å². The molecule has 0 saturated heterocycles. The Morgan fingerprint density at radius 2 is 1.28 bits per heavy atom. The lowest BCUT2D eigenvalue weighted by Gasteiger charge is -2.24. The Bertz CT molecular complexity index is 3230. The lowest BCUT2D eigenvalue weighted by atomic mass is 9.86. The Kier molecular flexibility index (Phi) is 10.4. The molecule has 1 aliphatic heterocycles. The van der Waals surface area contributed by atoms with Crippen LogP contribution in [0.5, 0.6) is 11.5 Å². The second-order valence-electron chi connectivity index (χ2n) is 20.1. The van der Waals surface area contributed by atoms with Crippen molar-refractivity contribution in [2.24, 2.45) is 0 Å². The third-order valence-electron chi connectivity index (χ3n) is 13.1. The predicted octanol–water partition coefficient (Wildman–Crippen LogP) is 15.9. The molecule has 0 unspecified atom stereocenters. The quantitative estimate of drug-likeness (QED) is 0.152. The van der Waals surface area contributed by atoms with Crippen molar-refractivity contribution in [1.29, 1.82) is 0 Å². The molecule has 5 heteroatoms. The van der Waals surface area contributed by atoms with E-state index in [2.05, 4.69) is 234 Å². The highest BCUT2D eigenvalue weighted by molar-refractivity contribution is 6.10. The summed E-state index contributed by atoms with van der Waals surface area (Å²) in [4.78, 5) is 9.97. The molecule has 0 atom stereocenters. The third-order valence-corrected chi connectivity index (χ3v) is 13.1. The summed E-state index contributed by atoms with van der Waals surface area (Å²) in [7, 11) is 0. The zero-order valence-electron chi connectivity index (χ0n) is 39.2. The molecule has 0 radical (unpaired) electrons. The van der Waals surface area contributed by atoms with E-state index >= 15 is 0 Å². The number of fused-ring (bicyclic) bond motifs is 4. The third kappa shape index (κ3) is 8.05. The summed E-state index contributed by atoms with van der Waals surface area (Å²) in [5.41, 5.74) is 18.3. The van der Waals surface area contributed by atoms with Crippen LogP contribution >= 0.6 is 0 Å². The minimum Gasteiger partial charge on any atom is -0.457 e. The minimum absolute atomic E-state index is 0.0136. The standard InChI is InChI=1S/C60H58N4O/c1-39-29-40(2)58(41(3)30-39)45-27-28-61-57(33-45)64-53-25-21-44(43-16-11-10-12-17-43)32-52(53)51-24-23-50(36-55(51)64)65-49-20-14-19-48(35-49)63-38-62(37-42-15-13-18-46(31-42)59(4,5)6)54-26-22-47(34-56(54)63)60(7,8)9/h10-36H,37-38H2,1-9H3. The topological polar surface area (TPSA) is 33.5 Å². The number of anilines is 3. The number of rotatable bonds is 8. The fourth-order valence-electron chi connectivity index (χ4n) is 9.81. The molecule has 0 amide bonds. The van der Waals surface area contributed by atoms with E-state index in [1.807, 2.05) is 6.20 Å². The number of ether oxygens (including phenoxy) is 1. The minimum atomic E-state index is 0.0136. The van der Waals surface area contributed by atoms with E-state index in [1.165, 1.54) is 66.8 Å². The van der Waals surface area contributed by atoms with Gasteiger partial charge in [-0.2, -0.15) is 0 Å². The molecule has 0 aliphatic carbocycles. The monoisotopic (exact) mass is 850 g/mol. The molecule has 1 aliphatic rings. The summed E-state index contributed by atoms with van der Waals surface area (Å²) >= 11 is 0. The van der Waals surface area contributed by atoms with Gasteiger partial charge in [-0.1, -0.05) is 132 Å². The van der Waals surface area contributed by atoms with E-state index in [-0.39, 0.29) is 10.8 Å². The first-order valence-corrected chi connectivity index (χ1v) is 22.9. The number of nitrogens with zero attached hydrogens (tertiary/aromatic N) is 4. The first kappa shape index (κ1) is 41.9. The highest BCUT2D eigenvalue weighted by atomic mass is 16.5. The number of hydrogen-bond acceptors (Lipinski definition) is 4. The van der Waals surface area contributed by atoms with Gasteiger partial charge in [0.15, 0.2) is 0 Å². The number of aryl methyl sites for hydroxylation is 3. The van der Waals surface area contributed by atoms with Crippen LogP contribution in [0.1, 0.15) is 74.9 Å². The van der Waals surface area contributed by atoms with Crippen LogP contribution in [0.3, 0.4) is 0 Å². The summed E-state index contributed by atoms with van der Waals surface area (Å²) in [5.74, 6) is 2.41. The van der Waals surface area contributed by atoms with Crippen LogP contribution in [-0.2, 0) is 17.4 Å². The second-order valence-corrected chi connectivity index (χ2v) is 20.1. The molecule has 3 heterocycles. The van der Waals surface area contributed by atoms with Gasteiger partial charge in [0.1, 0.15) is 17.3 Å². The van der Waals surface area contributed by atoms with Gasteiger partial charge in [0.25, 0.3) is 0 Å². The molecule has 2 aromatic heterocycles. The highest BCUT2D eigenvalue weighted by Crippen LogP contribution is 2.45. The maximum atomic E-state index is 6.86. The highest BCUT2D eigenvalue weighted by Gasteiger charge is 2.30. The van der Waals surface area contributed by atoms with Crippen molar-refractivity contribution in [3.8, 4) is 39.6 Å². The molecular weight excluding hydrogens is 793 g/mol. The van der Waals surface area contributed by atoms with Crippen molar-refractivity contribution in [1.82, 2.24) is 9.55 Å². The first-order chi connectivity index (χ1) is 31.2. The summed E-state index contributed by atoms with van der Waals surface area (Å²) < 4.78 is 9.16. The van der Waals surface area contributed by atoms with E-state index in [1.54, 1.807) is 0 Å². The van der Waals surface area contributed by atoms with E-state index in [4.69, 9.17) is 9.72 Å². The van der Waals surface area contributed by atoms with Crippen LogP contribution in [0, 0.1) is 20.8 Å². The van der Waals surface area contributed by atoms with Gasteiger partial charge in [-0.3, -0.25) is 4.57 Å². The van der Waals surface area contributed by atoms with Gasteiger partial charge in [0.05, 0.1) is 29.1 Å². The van der Waals surface area contributed by atoms with Crippen molar-refractivity contribution in [2.45, 2.75) is 79.7 Å². The molecule has 9 aromatic rings. The largest absolute Gasteiger partial charge is 0.457 e. The molecule has 5 nitrogen and oxygen atoms in total. The van der Waals surface area contributed by atoms with Gasteiger partial charge < -0.3 is 14.5 Å². The fourth-order valence-corrected chi connectivity index (χ4v) is 9.81. The van der Waals surface area contributed by atoms with E-state index in [0.717, 1.165) is 58.2 Å². The smallest absolute Gasteiger partial charge is 0.138 e. The van der Waals surface area contributed by atoms with E-state index in [0.29, 0.717) is 0 Å². The molecule has 65 heavy (non-hydrogen) atoms. The predicted molar refractivity (Wildman–Crippen MR) is 274 cm³/mol. The first-order valence-electron chi connectivity index (χ1n) is 22.9. The zero-order chi connectivity index (χ0) is 45.2. The van der Waals surface area contributed by atoms with Gasteiger partial charge in [0, 0.05) is 41.3 Å². The lowest BCUT2D eigenvalue weighted by Crippen LogP contribution is -2.27. The number of pyridine rings is 1. The van der Waals surface area contributed by atoms with E-state index < -0.39 is 0 Å². The van der Waals surface area contributed by atoms with Crippen LogP contribution in [0.2, 0.25) is 0 Å². The molecule has 7 aromatic carbocycles. The number of aromatic nitrogens is 2. The summed E-state index contributed by atoms with van der Waals surface area (Å²) in [6.45, 7) is 21.8. The summed E-state index contributed by atoms with van der Waals surface area (Å²) in [5, 5.41) is 2.31. The number of hydrogen-bond donors (Lipinski definition) is 0. The number of benzene rings is 7. The second kappa shape index (κ2) is 16.2. The molecule has 0 spiro atoms. The van der Waals surface area contributed by atoms with Crippen molar-refractivity contribution in [3.05, 3.63) is 197 Å². The molecule has 0 N–H and O–H groups in total. The molecule has 0 bridgehead atoms. The van der Waals surface area contributed by atoms with Crippen LogP contribution < -0.4 is 14.5 Å². The summed E-state index contributed by atoms with van der Waals surface area (Å²) in [6.07, 6.45) is 1.94. The van der Waals surface area contributed by atoms with Crippen molar-refractivity contribution in [2.75, 3.05) is 16.5 Å². The van der Waals surface area contributed by atoms with Crippen LogP contribution in [0.15, 0.2) is 164 Å². The van der Waals surface area contributed by atoms with Crippen LogP contribution in [-0.4, -0.2) is 16.2 Å². The molecule has 0 saturated carbocycles. The summed E-state index contributed by atoms with van der Waals surface area (Å²) in [6, 6.07) is 57.4. The fraction of sp³-hybridized carbons (Fsp3) is 0.217. The van der Waals surface area contributed by atoms with Gasteiger partial charge in [-0.15, -0.1) is 0 Å². The maximum Gasteiger partial charge on any atom is 0.138 e. The SMILES string of the molecule is Cc1cc(C)c(-c2ccnc(-n3c4ccc(-c5ccccc5)cc4c4ccc(Oc5cccc(N6CN(Cc7cccc(C(C)(C)C)c7)c7ccc(C(C)(C)C)cc76)c5)cc43)c2)c(C)c1. The average molecular weight is 851 g/mol. The van der Waals surface area contributed by atoms with Crippen molar-refractivity contribution in [3.63, 3.8) is 0 Å².